The molecule has 24 heavy (non-hydrogen) atoms. The van der Waals surface area contributed by atoms with Gasteiger partial charge in [-0.25, -0.2) is 0 Å². The molecule has 0 bridgehead atoms. The first-order valence-corrected chi connectivity index (χ1v) is 8.95. The lowest BCUT2D eigenvalue weighted by atomic mass is 9.96. The highest BCUT2D eigenvalue weighted by Gasteiger charge is 2.42. The monoisotopic (exact) mass is 325 g/mol. The van der Waals surface area contributed by atoms with Crippen LogP contribution in [0.2, 0.25) is 0 Å². The minimum absolute atomic E-state index is 0.795. The Balaban J connectivity index is 3.01. The molecule has 2 atom stereocenters. The van der Waals surface area contributed by atoms with Crippen molar-refractivity contribution in [2.45, 2.75) is 41.0 Å². The quantitative estimate of drug-likeness (QED) is 0.355. The summed E-state index contributed by atoms with van der Waals surface area (Å²) in [4.78, 5) is 2.28. The average molecular weight is 326 g/mol. The van der Waals surface area contributed by atoms with Gasteiger partial charge in [-0.3, -0.25) is 0 Å². The summed E-state index contributed by atoms with van der Waals surface area (Å²) in [5.74, 6) is 2.46. The Labute approximate surface area is 149 Å². The van der Waals surface area contributed by atoms with Crippen molar-refractivity contribution in [3.05, 3.63) is 72.0 Å². The maximum Gasteiger partial charge on any atom is 0.0296 e. The van der Waals surface area contributed by atoms with Gasteiger partial charge in [-0.05, 0) is 62.2 Å². The maximum absolute atomic E-state index is 4.30. The molecule has 1 fully saturated rings. The van der Waals surface area contributed by atoms with Crippen molar-refractivity contribution in [1.29, 1.82) is 0 Å². The molecule has 0 aromatic heterocycles. The van der Waals surface area contributed by atoms with Crippen molar-refractivity contribution >= 4 is 0 Å². The summed E-state index contributed by atoms with van der Waals surface area (Å²) in [7, 11) is 2.14. The van der Waals surface area contributed by atoms with Crippen molar-refractivity contribution in [1.82, 2.24) is 4.90 Å². The summed E-state index contributed by atoms with van der Waals surface area (Å²) < 4.78 is 0. The predicted octanol–water partition coefficient (Wildman–Crippen LogP) is 6.31. The lowest BCUT2D eigenvalue weighted by Gasteiger charge is -2.21. The molecule has 0 saturated heterocycles. The zero-order valence-corrected chi connectivity index (χ0v) is 16.5. The van der Waals surface area contributed by atoms with Gasteiger partial charge in [0, 0.05) is 19.3 Å². The highest BCUT2D eigenvalue weighted by molar-refractivity contribution is 5.53. The van der Waals surface area contributed by atoms with E-state index in [2.05, 4.69) is 84.5 Å². The zero-order chi connectivity index (χ0) is 18.4. The van der Waals surface area contributed by atoms with E-state index in [-0.39, 0.29) is 0 Å². The van der Waals surface area contributed by atoms with E-state index < -0.39 is 0 Å². The van der Waals surface area contributed by atoms with Crippen LogP contribution in [0.3, 0.4) is 0 Å². The van der Waals surface area contributed by atoms with E-state index in [9.17, 15) is 0 Å². The molecule has 1 nitrogen and oxygen atoms in total. The third-order valence-corrected chi connectivity index (χ3v) is 5.26. The smallest absolute Gasteiger partial charge is 0.0296 e. The van der Waals surface area contributed by atoms with Crippen LogP contribution in [-0.2, 0) is 0 Å². The van der Waals surface area contributed by atoms with Gasteiger partial charge < -0.3 is 4.90 Å². The first-order valence-electron chi connectivity index (χ1n) is 8.95. The van der Waals surface area contributed by atoms with Crippen LogP contribution in [0.4, 0.5) is 0 Å². The Morgan fingerprint density at radius 2 is 1.67 bits per heavy atom. The third kappa shape index (κ3) is 5.40. The molecule has 0 N–H and O–H groups in total. The fourth-order valence-corrected chi connectivity index (χ4v) is 3.23. The van der Waals surface area contributed by atoms with E-state index in [4.69, 9.17) is 0 Å². The van der Waals surface area contributed by atoms with E-state index in [1.54, 1.807) is 0 Å². The Morgan fingerprint density at radius 1 is 1.08 bits per heavy atom. The minimum Gasteiger partial charge on any atom is -0.375 e. The molecule has 0 heterocycles. The lowest BCUT2D eigenvalue weighted by molar-refractivity contribution is 0.395. The van der Waals surface area contributed by atoms with Gasteiger partial charge in [-0.15, -0.1) is 6.58 Å². The molecular formula is C23H35N. The van der Waals surface area contributed by atoms with E-state index in [0.717, 1.165) is 42.0 Å². The summed E-state index contributed by atoms with van der Waals surface area (Å²) in [6.07, 6.45) is 9.38. The summed E-state index contributed by atoms with van der Waals surface area (Å²) in [5.41, 5.74) is 5.78. The molecular weight excluding hydrogens is 290 g/mol. The molecule has 0 aromatic carbocycles. The normalized spacial score (nSPS) is 24.6. The number of nitrogens with zero attached hydrogens (tertiary/aromatic N) is 1. The Morgan fingerprint density at radius 3 is 2.08 bits per heavy atom. The van der Waals surface area contributed by atoms with Gasteiger partial charge in [0.1, 0.15) is 0 Å². The molecule has 132 valence electrons. The second kappa shape index (κ2) is 8.92. The second-order valence-corrected chi connectivity index (χ2v) is 7.32. The maximum atomic E-state index is 4.30. The second-order valence-electron chi connectivity index (χ2n) is 7.32. The zero-order valence-electron chi connectivity index (χ0n) is 16.5. The van der Waals surface area contributed by atoms with E-state index in [1.165, 1.54) is 16.7 Å². The van der Waals surface area contributed by atoms with Gasteiger partial charge in [-0.1, -0.05) is 56.4 Å². The topological polar surface area (TPSA) is 3.24 Å². The summed E-state index contributed by atoms with van der Waals surface area (Å²) in [5, 5.41) is 0. The fourth-order valence-electron chi connectivity index (χ4n) is 3.23. The van der Waals surface area contributed by atoms with Crippen LogP contribution < -0.4 is 0 Å². The van der Waals surface area contributed by atoms with Crippen LogP contribution >= 0.6 is 0 Å². The fraction of sp³-hybridized carbons (Fsp3) is 0.478. The standard InChI is InChI=1S/C23H35N/c1-10-12-17(5)13-21(22(11-2)16(3)4)14-18(6)24(9)15-23-19(7)20(23)8/h10-11,13-14,19-20,23H,1,3,6,12,15H2,2,4-5,7-9H3/b17-13+,21-14-,22-11-. The van der Waals surface area contributed by atoms with Crippen LogP contribution in [0.1, 0.15) is 41.0 Å². The average Bonchev–Trinajstić information content (AvgIpc) is 3.05. The molecule has 0 amide bonds. The predicted molar refractivity (Wildman–Crippen MR) is 109 cm³/mol. The molecule has 0 spiro atoms. The minimum atomic E-state index is 0.795. The van der Waals surface area contributed by atoms with Crippen LogP contribution in [0.15, 0.2) is 72.0 Å². The van der Waals surface area contributed by atoms with Gasteiger partial charge in [-0.2, -0.15) is 0 Å². The van der Waals surface area contributed by atoms with Crippen LogP contribution in [-0.4, -0.2) is 18.5 Å². The van der Waals surface area contributed by atoms with Crippen molar-refractivity contribution in [2.75, 3.05) is 13.6 Å². The lowest BCUT2D eigenvalue weighted by Crippen LogP contribution is -2.20. The molecule has 1 aliphatic rings. The number of rotatable bonds is 9. The van der Waals surface area contributed by atoms with Crippen molar-refractivity contribution < 1.29 is 0 Å². The molecule has 2 unspecified atom stereocenters. The van der Waals surface area contributed by atoms with Gasteiger partial charge in [0.15, 0.2) is 0 Å². The van der Waals surface area contributed by atoms with Crippen LogP contribution in [0.25, 0.3) is 0 Å². The van der Waals surface area contributed by atoms with Crippen molar-refractivity contribution in [3.63, 3.8) is 0 Å². The SMILES string of the molecule is C=CC/C(C)=C/C(=C/C(=C)N(C)CC1C(C)C1C)C(=C\C)/C(=C)C. The van der Waals surface area contributed by atoms with Crippen molar-refractivity contribution in [2.24, 2.45) is 17.8 Å². The molecule has 0 radical (unpaired) electrons. The Bertz CT molecular complexity index is 577. The van der Waals surface area contributed by atoms with Gasteiger partial charge in [0.2, 0.25) is 0 Å². The molecule has 1 saturated carbocycles. The first-order chi connectivity index (χ1) is 11.2. The van der Waals surface area contributed by atoms with Gasteiger partial charge >= 0.3 is 0 Å². The Hall–Kier alpha value is -1.76. The highest BCUT2D eigenvalue weighted by Crippen LogP contribution is 2.45. The third-order valence-electron chi connectivity index (χ3n) is 5.26. The largest absolute Gasteiger partial charge is 0.375 e. The first kappa shape index (κ1) is 20.3. The van der Waals surface area contributed by atoms with Crippen molar-refractivity contribution in [3.8, 4) is 0 Å². The molecule has 0 aromatic rings. The number of hydrogen-bond acceptors (Lipinski definition) is 1. The molecule has 1 aliphatic carbocycles. The molecule has 1 heteroatoms. The number of likely N-dealkylation sites (N-methyl/N-ethyl adjacent to an activating group) is 1. The van der Waals surface area contributed by atoms with Crippen LogP contribution in [0.5, 0.6) is 0 Å². The molecule has 1 rings (SSSR count). The van der Waals surface area contributed by atoms with E-state index >= 15 is 0 Å². The number of allylic oxidation sites excluding steroid dienone is 8. The summed E-state index contributed by atoms with van der Waals surface area (Å²) in [6.45, 7) is 24.3. The summed E-state index contributed by atoms with van der Waals surface area (Å²) >= 11 is 0. The Kier molecular flexibility index (Phi) is 7.54. The van der Waals surface area contributed by atoms with E-state index in [1.807, 2.05) is 6.08 Å². The molecule has 0 aliphatic heterocycles. The van der Waals surface area contributed by atoms with Crippen LogP contribution in [0, 0.1) is 17.8 Å². The van der Waals surface area contributed by atoms with Gasteiger partial charge in [0.05, 0.1) is 0 Å². The van der Waals surface area contributed by atoms with Gasteiger partial charge in [0.25, 0.3) is 0 Å². The number of hydrogen-bond donors (Lipinski definition) is 0. The van der Waals surface area contributed by atoms with E-state index in [0.29, 0.717) is 0 Å². The summed E-state index contributed by atoms with van der Waals surface area (Å²) in [6, 6.07) is 0. The highest BCUT2D eigenvalue weighted by atomic mass is 15.1.